The Balaban J connectivity index is 1.72. The molecule has 2 aromatic carbocycles. The van der Waals surface area contributed by atoms with E-state index in [1.807, 2.05) is 61.3 Å². The van der Waals surface area contributed by atoms with Gasteiger partial charge in [0.25, 0.3) is 5.56 Å². The standard InChI is InChI=1S/C24H17ClN6O/c1-29-13-15-10-14(5-8-19(15)28-29)23-27-21-22(30(23)2)18-7-6-16(25)11-20(18)31(24(21)32)17-4-3-9-26-12-17/h3-13H,1-2H3. The van der Waals surface area contributed by atoms with E-state index in [1.54, 1.807) is 33.8 Å². The van der Waals surface area contributed by atoms with Crippen LogP contribution in [0.5, 0.6) is 0 Å². The summed E-state index contributed by atoms with van der Waals surface area (Å²) in [6.45, 7) is 0. The van der Waals surface area contributed by atoms with E-state index in [1.165, 1.54) is 0 Å². The van der Waals surface area contributed by atoms with Crippen LogP contribution in [0.25, 0.3) is 49.9 Å². The van der Waals surface area contributed by atoms with Gasteiger partial charge in [0, 0.05) is 47.8 Å². The Hall–Kier alpha value is -3.97. The van der Waals surface area contributed by atoms with Crippen molar-refractivity contribution in [2.45, 2.75) is 0 Å². The highest BCUT2D eigenvalue weighted by Crippen LogP contribution is 2.31. The average molecular weight is 441 g/mol. The number of rotatable bonds is 2. The maximum atomic E-state index is 13.7. The summed E-state index contributed by atoms with van der Waals surface area (Å²) in [5.74, 6) is 0.711. The molecule has 4 heterocycles. The molecular weight excluding hydrogens is 424 g/mol. The Labute approximate surface area is 187 Å². The van der Waals surface area contributed by atoms with E-state index < -0.39 is 0 Å². The summed E-state index contributed by atoms with van der Waals surface area (Å²) in [5, 5.41) is 6.89. The lowest BCUT2D eigenvalue weighted by Crippen LogP contribution is -2.19. The van der Waals surface area contributed by atoms with Crippen LogP contribution >= 0.6 is 11.6 Å². The average Bonchev–Trinajstić information content (AvgIpc) is 3.33. The van der Waals surface area contributed by atoms with Gasteiger partial charge >= 0.3 is 0 Å². The van der Waals surface area contributed by atoms with Gasteiger partial charge in [0.2, 0.25) is 0 Å². The quantitative estimate of drug-likeness (QED) is 0.398. The Morgan fingerprint density at radius 3 is 2.72 bits per heavy atom. The number of halogens is 1. The van der Waals surface area contributed by atoms with Gasteiger partial charge in [0.1, 0.15) is 5.82 Å². The van der Waals surface area contributed by atoms with E-state index in [9.17, 15) is 4.79 Å². The lowest BCUT2D eigenvalue weighted by Gasteiger charge is -2.12. The number of aromatic nitrogens is 6. The normalized spacial score (nSPS) is 11.7. The van der Waals surface area contributed by atoms with Crippen molar-refractivity contribution < 1.29 is 0 Å². The molecule has 0 saturated carbocycles. The van der Waals surface area contributed by atoms with Crippen molar-refractivity contribution in [2.24, 2.45) is 14.1 Å². The molecule has 0 aliphatic carbocycles. The second-order valence-corrected chi connectivity index (χ2v) is 8.22. The van der Waals surface area contributed by atoms with E-state index in [4.69, 9.17) is 16.6 Å². The first kappa shape index (κ1) is 18.8. The zero-order valence-electron chi connectivity index (χ0n) is 17.3. The van der Waals surface area contributed by atoms with E-state index in [0.717, 1.165) is 27.4 Å². The molecule has 0 atom stereocenters. The number of pyridine rings is 2. The predicted molar refractivity (Wildman–Crippen MR) is 126 cm³/mol. The molecular formula is C24H17ClN6O. The molecule has 0 amide bonds. The number of fused-ring (bicyclic) bond motifs is 4. The molecule has 0 fully saturated rings. The van der Waals surface area contributed by atoms with Crippen LogP contribution in [0, 0.1) is 0 Å². The van der Waals surface area contributed by atoms with Crippen LogP contribution in [0.2, 0.25) is 5.02 Å². The van der Waals surface area contributed by atoms with Crippen molar-refractivity contribution in [3.63, 3.8) is 0 Å². The Morgan fingerprint density at radius 1 is 1.03 bits per heavy atom. The molecule has 0 bridgehead atoms. The van der Waals surface area contributed by atoms with Gasteiger partial charge in [-0.1, -0.05) is 11.6 Å². The number of hydrogen-bond acceptors (Lipinski definition) is 4. The number of imidazole rings is 1. The molecule has 0 spiro atoms. The molecule has 6 aromatic rings. The van der Waals surface area contributed by atoms with Gasteiger partial charge in [-0.15, -0.1) is 0 Å². The molecule has 0 aliphatic heterocycles. The number of hydrogen-bond donors (Lipinski definition) is 0. The molecule has 0 radical (unpaired) electrons. The largest absolute Gasteiger partial charge is 0.326 e. The molecule has 32 heavy (non-hydrogen) atoms. The highest BCUT2D eigenvalue weighted by atomic mass is 35.5. The minimum Gasteiger partial charge on any atom is -0.326 e. The maximum Gasteiger partial charge on any atom is 0.283 e. The summed E-state index contributed by atoms with van der Waals surface area (Å²) in [7, 11) is 3.83. The fourth-order valence-electron chi connectivity index (χ4n) is 4.35. The third kappa shape index (κ3) is 2.68. The zero-order chi connectivity index (χ0) is 22.0. The van der Waals surface area contributed by atoms with Gasteiger partial charge in [-0.25, -0.2) is 4.98 Å². The van der Waals surface area contributed by atoms with E-state index >= 15 is 0 Å². The molecule has 6 rings (SSSR count). The van der Waals surface area contributed by atoms with Gasteiger partial charge < -0.3 is 4.57 Å². The van der Waals surface area contributed by atoms with E-state index in [0.29, 0.717) is 27.6 Å². The molecule has 156 valence electrons. The lowest BCUT2D eigenvalue weighted by molar-refractivity contribution is 0.780. The number of aryl methyl sites for hydroxylation is 2. The van der Waals surface area contributed by atoms with Gasteiger partial charge in [0.15, 0.2) is 5.52 Å². The molecule has 8 heteroatoms. The van der Waals surface area contributed by atoms with Crippen LogP contribution in [0.1, 0.15) is 0 Å². The highest BCUT2D eigenvalue weighted by Gasteiger charge is 2.20. The summed E-state index contributed by atoms with van der Waals surface area (Å²) >= 11 is 6.32. The third-order valence-corrected chi connectivity index (χ3v) is 5.97. The van der Waals surface area contributed by atoms with Crippen molar-refractivity contribution in [2.75, 3.05) is 0 Å². The number of benzene rings is 2. The van der Waals surface area contributed by atoms with Crippen molar-refractivity contribution in [1.82, 2.24) is 28.9 Å². The minimum atomic E-state index is -0.216. The van der Waals surface area contributed by atoms with Gasteiger partial charge in [-0.2, -0.15) is 5.10 Å². The van der Waals surface area contributed by atoms with Crippen molar-refractivity contribution in [3.8, 4) is 17.1 Å². The molecule has 0 aliphatic rings. The summed E-state index contributed by atoms with van der Waals surface area (Å²) in [5.41, 5.74) is 4.14. The van der Waals surface area contributed by atoms with Crippen molar-refractivity contribution >= 4 is 44.4 Å². The van der Waals surface area contributed by atoms with E-state index in [2.05, 4.69) is 10.1 Å². The topological polar surface area (TPSA) is 70.5 Å². The van der Waals surface area contributed by atoms with Crippen LogP contribution < -0.4 is 5.56 Å². The Kier molecular flexibility index (Phi) is 3.97. The van der Waals surface area contributed by atoms with Crippen molar-refractivity contribution in [1.29, 1.82) is 0 Å². The fourth-order valence-corrected chi connectivity index (χ4v) is 4.52. The van der Waals surface area contributed by atoms with Crippen molar-refractivity contribution in [3.05, 3.63) is 82.5 Å². The minimum absolute atomic E-state index is 0.216. The number of nitrogens with zero attached hydrogens (tertiary/aromatic N) is 6. The zero-order valence-corrected chi connectivity index (χ0v) is 18.1. The van der Waals surface area contributed by atoms with Gasteiger partial charge in [0.05, 0.1) is 28.4 Å². The van der Waals surface area contributed by atoms with Crippen LogP contribution in [-0.2, 0) is 14.1 Å². The molecule has 4 aromatic heterocycles. The molecule has 7 nitrogen and oxygen atoms in total. The maximum absolute atomic E-state index is 13.7. The van der Waals surface area contributed by atoms with Gasteiger partial charge in [-0.3, -0.25) is 19.0 Å². The second-order valence-electron chi connectivity index (χ2n) is 7.78. The fraction of sp³-hybridized carbons (Fsp3) is 0.0833. The first-order valence-electron chi connectivity index (χ1n) is 10.1. The van der Waals surface area contributed by atoms with Crippen LogP contribution in [0.15, 0.2) is 71.9 Å². The predicted octanol–water partition coefficient (Wildman–Crippen LogP) is 4.48. The molecule has 0 unspecified atom stereocenters. The van der Waals surface area contributed by atoms with Gasteiger partial charge in [-0.05, 0) is 48.5 Å². The summed E-state index contributed by atoms with van der Waals surface area (Å²) in [4.78, 5) is 22.7. The first-order chi connectivity index (χ1) is 15.5. The SMILES string of the molecule is Cn1cc2cc(-c3nc4c(=O)n(-c5cccnc5)c5cc(Cl)ccc5c4n3C)ccc2n1. The Morgan fingerprint density at radius 2 is 1.91 bits per heavy atom. The third-order valence-electron chi connectivity index (χ3n) is 5.74. The molecule has 0 N–H and O–H groups in total. The van der Waals surface area contributed by atoms with Crippen LogP contribution in [0.4, 0.5) is 0 Å². The second kappa shape index (κ2) is 6.77. The van der Waals surface area contributed by atoms with Crippen LogP contribution in [-0.4, -0.2) is 28.9 Å². The molecule has 0 saturated heterocycles. The smallest absolute Gasteiger partial charge is 0.283 e. The summed E-state index contributed by atoms with van der Waals surface area (Å²) in [6, 6.07) is 15.2. The van der Waals surface area contributed by atoms with E-state index in [-0.39, 0.29) is 5.56 Å². The van der Waals surface area contributed by atoms with Crippen LogP contribution in [0.3, 0.4) is 0 Å². The Bertz CT molecular complexity index is 1730. The highest BCUT2D eigenvalue weighted by molar-refractivity contribution is 6.31. The first-order valence-corrected chi connectivity index (χ1v) is 10.4. The summed E-state index contributed by atoms with van der Waals surface area (Å²) in [6.07, 6.45) is 5.30. The monoisotopic (exact) mass is 440 g/mol. The lowest BCUT2D eigenvalue weighted by atomic mass is 10.1. The summed E-state index contributed by atoms with van der Waals surface area (Å²) < 4.78 is 5.38.